The molecule has 0 bridgehead atoms. The fraction of sp³-hybridized carbons (Fsp3) is 0. The predicted molar refractivity (Wildman–Crippen MR) is 76.6 cm³/mol. The standard InChI is InChI=1S/C18H10/c1-2-6-14-10-18-12-16-8-4-3-7-15(16)11-17(18)9-13(14)5-1/h1-6,9-12H. The molecule has 0 spiro atoms. The monoisotopic (exact) mass is 226 g/mol. The maximum atomic E-state index is 3.26. The number of fused-ring (bicyclic) bond motifs is 3. The van der Waals surface area contributed by atoms with Crippen LogP contribution in [0.3, 0.4) is 0 Å². The molecule has 0 heterocycles. The number of rotatable bonds is 0. The first kappa shape index (κ1) is 9.67. The average Bonchev–Trinajstić information content (AvgIpc) is 2.42. The predicted octanol–water partition coefficient (Wildman–Crippen LogP) is 4.75. The third-order valence-corrected chi connectivity index (χ3v) is 3.40. The van der Waals surface area contributed by atoms with Gasteiger partial charge in [0.05, 0.1) is 0 Å². The lowest BCUT2D eigenvalue weighted by molar-refractivity contribution is 1.75. The van der Waals surface area contributed by atoms with E-state index >= 15 is 0 Å². The smallest absolute Gasteiger partial charge is 0.00926 e. The molecule has 0 aliphatic carbocycles. The van der Waals surface area contributed by atoms with Gasteiger partial charge in [-0.25, -0.2) is 0 Å². The third-order valence-electron chi connectivity index (χ3n) is 3.40. The van der Waals surface area contributed by atoms with Gasteiger partial charge in [0.2, 0.25) is 0 Å². The summed E-state index contributed by atoms with van der Waals surface area (Å²) in [4.78, 5) is 0. The van der Waals surface area contributed by atoms with Crippen molar-refractivity contribution in [3.05, 3.63) is 72.8 Å². The molecule has 4 aromatic rings. The summed E-state index contributed by atoms with van der Waals surface area (Å²) in [6, 6.07) is 27.7. The quantitative estimate of drug-likeness (QED) is 0.380. The van der Waals surface area contributed by atoms with Crippen molar-refractivity contribution in [1.82, 2.24) is 0 Å². The van der Waals surface area contributed by atoms with Crippen LogP contribution in [-0.2, 0) is 0 Å². The van der Waals surface area contributed by atoms with Gasteiger partial charge in [-0.05, 0) is 68.7 Å². The van der Waals surface area contributed by atoms with Crippen molar-refractivity contribution in [1.29, 1.82) is 0 Å². The van der Waals surface area contributed by atoms with Crippen LogP contribution in [0.25, 0.3) is 32.3 Å². The van der Waals surface area contributed by atoms with E-state index in [1.54, 1.807) is 0 Å². The number of benzene rings is 4. The van der Waals surface area contributed by atoms with Crippen molar-refractivity contribution in [2.24, 2.45) is 0 Å². The molecule has 0 aromatic heterocycles. The minimum Gasteiger partial charge on any atom is -0.0616 e. The molecule has 0 atom stereocenters. The average molecular weight is 226 g/mol. The second-order valence-corrected chi connectivity index (χ2v) is 4.57. The van der Waals surface area contributed by atoms with Crippen LogP contribution < -0.4 is 0 Å². The first-order valence-electron chi connectivity index (χ1n) is 6.05. The van der Waals surface area contributed by atoms with Crippen molar-refractivity contribution in [2.75, 3.05) is 0 Å². The highest BCUT2D eigenvalue weighted by Crippen LogP contribution is 2.26. The summed E-state index contributed by atoms with van der Waals surface area (Å²) in [5, 5.41) is 7.34. The van der Waals surface area contributed by atoms with Crippen LogP contribution in [0, 0.1) is 12.1 Å². The number of hydrogen-bond donors (Lipinski definition) is 0. The lowest BCUT2D eigenvalue weighted by atomic mass is 10.00. The zero-order valence-electron chi connectivity index (χ0n) is 9.77. The normalized spacial score (nSPS) is 11.3. The maximum Gasteiger partial charge on any atom is -0.00926 e. The van der Waals surface area contributed by atoms with Gasteiger partial charge in [0.1, 0.15) is 0 Å². The Kier molecular flexibility index (Phi) is 1.92. The van der Waals surface area contributed by atoms with E-state index in [2.05, 4.69) is 60.7 Å². The van der Waals surface area contributed by atoms with E-state index in [4.69, 9.17) is 0 Å². The Bertz CT molecular complexity index is 728. The molecule has 2 radical (unpaired) electrons. The highest BCUT2D eigenvalue weighted by atomic mass is 14.0. The van der Waals surface area contributed by atoms with Crippen molar-refractivity contribution in [3.63, 3.8) is 0 Å². The summed E-state index contributed by atoms with van der Waals surface area (Å²) in [5.41, 5.74) is 0. The molecule has 0 aliphatic heterocycles. The molecule has 18 heavy (non-hydrogen) atoms. The first-order valence-corrected chi connectivity index (χ1v) is 6.05. The van der Waals surface area contributed by atoms with Crippen molar-refractivity contribution < 1.29 is 0 Å². The van der Waals surface area contributed by atoms with Gasteiger partial charge < -0.3 is 0 Å². The molecule has 0 heteroatoms. The maximum absolute atomic E-state index is 3.26. The van der Waals surface area contributed by atoms with E-state index in [9.17, 15) is 0 Å². The second kappa shape index (κ2) is 3.58. The zero-order valence-corrected chi connectivity index (χ0v) is 9.77. The third kappa shape index (κ3) is 1.39. The Morgan fingerprint density at radius 2 is 1.06 bits per heavy atom. The van der Waals surface area contributed by atoms with Gasteiger partial charge in [0, 0.05) is 0 Å². The second-order valence-electron chi connectivity index (χ2n) is 4.57. The van der Waals surface area contributed by atoms with Crippen molar-refractivity contribution in [3.8, 4) is 0 Å². The van der Waals surface area contributed by atoms with E-state index in [1.165, 1.54) is 21.5 Å². The Balaban J connectivity index is 2.20. The van der Waals surface area contributed by atoms with Gasteiger partial charge >= 0.3 is 0 Å². The lowest BCUT2D eigenvalue weighted by Gasteiger charge is -2.04. The summed E-state index contributed by atoms with van der Waals surface area (Å²) in [6.07, 6.45) is 0. The van der Waals surface area contributed by atoms with Crippen LogP contribution in [0.4, 0.5) is 0 Å². The van der Waals surface area contributed by atoms with Crippen LogP contribution in [0.5, 0.6) is 0 Å². The van der Waals surface area contributed by atoms with Crippen LogP contribution in [-0.4, -0.2) is 0 Å². The Labute approximate surface area is 105 Å². The molecular formula is C18H10. The summed E-state index contributed by atoms with van der Waals surface area (Å²) in [7, 11) is 0. The van der Waals surface area contributed by atoms with Gasteiger partial charge in [-0.1, -0.05) is 36.4 Å². The van der Waals surface area contributed by atoms with Gasteiger partial charge in [0.25, 0.3) is 0 Å². The SMILES string of the molecule is [c]1cc[c]c2cc3cc4ccccc4cc3cc12. The summed E-state index contributed by atoms with van der Waals surface area (Å²) >= 11 is 0. The van der Waals surface area contributed by atoms with Gasteiger partial charge in [-0.2, -0.15) is 0 Å². The molecule has 0 amide bonds. The molecule has 0 nitrogen and oxygen atoms in total. The highest BCUT2D eigenvalue weighted by molar-refractivity contribution is 6.04. The minimum absolute atomic E-state index is 1.13. The number of hydrogen-bond acceptors (Lipinski definition) is 0. The molecule has 0 aliphatic rings. The van der Waals surface area contributed by atoms with Crippen molar-refractivity contribution in [2.45, 2.75) is 0 Å². The summed E-state index contributed by atoms with van der Waals surface area (Å²) < 4.78 is 0. The Morgan fingerprint density at radius 1 is 0.556 bits per heavy atom. The Hall–Kier alpha value is -2.34. The lowest BCUT2D eigenvalue weighted by Crippen LogP contribution is -1.78. The van der Waals surface area contributed by atoms with E-state index in [1.807, 2.05) is 12.1 Å². The van der Waals surface area contributed by atoms with Crippen LogP contribution >= 0.6 is 0 Å². The van der Waals surface area contributed by atoms with Crippen LogP contribution in [0.2, 0.25) is 0 Å². The molecule has 4 rings (SSSR count). The zero-order chi connectivity index (χ0) is 11.9. The molecule has 82 valence electrons. The van der Waals surface area contributed by atoms with Crippen LogP contribution in [0.1, 0.15) is 0 Å². The largest absolute Gasteiger partial charge is 0.0616 e. The fourth-order valence-corrected chi connectivity index (χ4v) is 2.49. The molecule has 4 aromatic carbocycles. The molecule has 0 saturated heterocycles. The highest BCUT2D eigenvalue weighted by Gasteiger charge is 2.00. The minimum atomic E-state index is 1.13. The molecule has 0 saturated carbocycles. The van der Waals surface area contributed by atoms with Crippen molar-refractivity contribution >= 4 is 32.3 Å². The summed E-state index contributed by atoms with van der Waals surface area (Å²) in [5.74, 6) is 0. The van der Waals surface area contributed by atoms with Gasteiger partial charge in [-0.15, -0.1) is 0 Å². The molecule has 0 unspecified atom stereocenters. The molecular weight excluding hydrogens is 216 g/mol. The first-order chi connectivity index (χ1) is 8.90. The summed E-state index contributed by atoms with van der Waals surface area (Å²) in [6.45, 7) is 0. The van der Waals surface area contributed by atoms with E-state index in [0.717, 1.165) is 10.8 Å². The fourth-order valence-electron chi connectivity index (χ4n) is 2.49. The molecule has 0 N–H and O–H groups in total. The van der Waals surface area contributed by atoms with Gasteiger partial charge in [-0.3, -0.25) is 0 Å². The van der Waals surface area contributed by atoms with E-state index < -0.39 is 0 Å². The molecule has 0 fully saturated rings. The van der Waals surface area contributed by atoms with E-state index in [0.29, 0.717) is 0 Å². The van der Waals surface area contributed by atoms with E-state index in [-0.39, 0.29) is 0 Å². The topological polar surface area (TPSA) is 0 Å². The van der Waals surface area contributed by atoms with Crippen LogP contribution in [0.15, 0.2) is 60.7 Å². The Morgan fingerprint density at radius 3 is 1.56 bits per heavy atom. The van der Waals surface area contributed by atoms with Gasteiger partial charge in [0.15, 0.2) is 0 Å².